The quantitative estimate of drug-likeness (QED) is 0.526. The van der Waals surface area contributed by atoms with Crippen LogP contribution in [0, 0.1) is 6.10 Å². The molecule has 1 atom stereocenters. The van der Waals surface area contributed by atoms with Gasteiger partial charge in [-0.05, 0) is 13.3 Å². The van der Waals surface area contributed by atoms with Crippen LogP contribution in [0.3, 0.4) is 0 Å². The van der Waals surface area contributed by atoms with Gasteiger partial charge < -0.3 is 9.84 Å². The summed E-state index contributed by atoms with van der Waals surface area (Å²) < 4.78 is 4.91. The zero-order valence-corrected chi connectivity index (χ0v) is 4.35. The Balaban J connectivity index is 2.14. The molecule has 7 heavy (non-hydrogen) atoms. The topological polar surface area (TPSA) is 29.5 Å². The number of aliphatic hydroxyl groups excluding tert-OH is 1. The molecule has 0 spiro atoms. The lowest BCUT2D eigenvalue weighted by atomic mass is 10.1. The van der Waals surface area contributed by atoms with Crippen LogP contribution in [-0.2, 0) is 4.74 Å². The first-order valence-corrected chi connectivity index (χ1v) is 2.44. The molecule has 0 bridgehead atoms. The molecular weight excluding hydrogens is 92.1 g/mol. The summed E-state index contributed by atoms with van der Waals surface area (Å²) in [4.78, 5) is 0. The van der Waals surface area contributed by atoms with Crippen molar-refractivity contribution in [2.24, 2.45) is 0 Å². The van der Waals surface area contributed by atoms with Crippen LogP contribution in [0.15, 0.2) is 0 Å². The molecule has 1 saturated heterocycles. The van der Waals surface area contributed by atoms with E-state index in [1.54, 1.807) is 6.92 Å². The average molecular weight is 101 g/mol. The van der Waals surface area contributed by atoms with Crippen LogP contribution in [-0.4, -0.2) is 17.8 Å². The molecule has 1 fully saturated rings. The second-order valence-electron chi connectivity index (χ2n) is 1.79. The molecule has 1 aliphatic rings. The highest BCUT2D eigenvalue weighted by atomic mass is 16.5. The van der Waals surface area contributed by atoms with Crippen LogP contribution in [0.25, 0.3) is 0 Å². The third-order valence-corrected chi connectivity index (χ3v) is 1.17. The van der Waals surface area contributed by atoms with Crippen LogP contribution in [0.5, 0.6) is 0 Å². The predicted octanol–water partition coefficient (Wildman–Crippen LogP) is 0.700. The Bertz CT molecular complexity index is 57.1. The fourth-order valence-corrected chi connectivity index (χ4v) is 0.565. The van der Waals surface area contributed by atoms with E-state index in [-0.39, 0.29) is 6.10 Å². The Hall–Kier alpha value is -0.0800. The van der Waals surface area contributed by atoms with Crippen molar-refractivity contribution < 1.29 is 9.84 Å². The summed E-state index contributed by atoms with van der Waals surface area (Å²) in [5.41, 5.74) is 0. The third-order valence-electron chi connectivity index (χ3n) is 1.17. The molecule has 2 heteroatoms. The summed E-state index contributed by atoms with van der Waals surface area (Å²) in [7, 11) is 0. The monoisotopic (exact) mass is 101 g/mol. The van der Waals surface area contributed by atoms with Gasteiger partial charge in [0.05, 0.1) is 6.10 Å². The minimum Gasteiger partial charge on any atom is -0.384 e. The van der Waals surface area contributed by atoms with E-state index < -0.39 is 0 Å². The Morgan fingerprint density at radius 1 is 1.86 bits per heavy atom. The van der Waals surface area contributed by atoms with E-state index in [0.29, 0.717) is 6.10 Å². The zero-order valence-electron chi connectivity index (χ0n) is 4.35. The highest BCUT2D eigenvalue weighted by molar-refractivity contribution is 4.85. The molecule has 1 N–H and O–H groups in total. The van der Waals surface area contributed by atoms with Gasteiger partial charge in [0.25, 0.3) is 0 Å². The number of hydrogen-bond acceptors (Lipinski definition) is 2. The smallest absolute Gasteiger partial charge is 0.119 e. The first-order chi connectivity index (χ1) is 3.30. The first kappa shape index (κ1) is 5.06. The molecule has 1 rings (SSSR count). The Morgan fingerprint density at radius 2 is 2.43 bits per heavy atom. The Morgan fingerprint density at radius 3 is 2.43 bits per heavy atom. The maximum Gasteiger partial charge on any atom is 0.119 e. The van der Waals surface area contributed by atoms with E-state index in [2.05, 4.69) is 0 Å². The minimum absolute atomic E-state index is 0.0556. The standard InChI is InChI=1S/C5H9O2/c1-4(6)5-2-3-7-5/h5-6H,2-3H2,1H3. The van der Waals surface area contributed by atoms with Crippen molar-refractivity contribution in [1.82, 2.24) is 0 Å². The van der Waals surface area contributed by atoms with E-state index in [4.69, 9.17) is 9.84 Å². The van der Waals surface area contributed by atoms with Gasteiger partial charge in [0, 0.05) is 6.61 Å². The van der Waals surface area contributed by atoms with E-state index in [1.165, 1.54) is 0 Å². The normalized spacial score (nSPS) is 30.4. The van der Waals surface area contributed by atoms with Gasteiger partial charge in [0.15, 0.2) is 0 Å². The fraction of sp³-hybridized carbons (Fsp3) is 0.800. The van der Waals surface area contributed by atoms with E-state index in [9.17, 15) is 0 Å². The van der Waals surface area contributed by atoms with Crippen molar-refractivity contribution in [3.63, 3.8) is 0 Å². The zero-order chi connectivity index (χ0) is 5.28. The van der Waals surface area contributed by atoms with Crippen molar-refractivity contribution in [3.8, 4) is 0 Å². The summed E-state index contributed by atoms with van der Waals surface area (Å²) in [6, 6.07) is 0. The van der Waals surface area contributed by atoms with Crippen LogP contribution in [0.2, 0.25) is 0 Å². The Kier molecular flexibility index (Phi) is 1.30. The van der Waals surface area contributed by atoms with Gasteiger partial charge in [-0.25, -0.2) is 0 Å². The van der Waals surface area contributed by atoms with Gasteiger partial charge in [-0.2, -0.15) is 0 Å². The molecule has 0 saturated carbocycles. The Labute approximate surface area is 43.1 Å². The number of aliphatic hydroxyl groups is 1. The second-order valence-corrected chi connectivity index (χ2v) is 1.79. The number of rotatable bonds is 1. The van der Waals surface area contributed by atoms with Crippen molar-refractivity contribution in [1.29, 1.82) is 0 Å². The molecule has 0 aromatic heterocycles. The number of hydrogen-bond donors (Lipinski definition) is 1. The summed E-state index contributed by atoms with van der Waals surface area (Å²) in [6.07, 6.45) is 1.45. The molecule has 0 aliphatic carbocycles. The van der Waals surface area contributed by atoms with Crippen LogP contribution >= 0.6 is 0 Å². The SMILES string of the molecule is C[C](O)C1CCO1. The third kappa shape index (κ3) is 0.924. The lowest BCUT2D eigenvalue weighted by molar-refractivity contribution is -0.0711. The van der Waals surface area contributed by atoms with Crippen LogP contribution < -0.4 is 0 Å². The molecule has 1 radical (unpaired) electrons. The lowest BCUT2D eigenvalue weighted by Gasteiger charge is -2.27. The van der Waals surface area contributed by atoms with Gasteiger partial charge in [-0.3, -0.25) is 0 Å². The molecule has 2 nitrogen and oxygen atoms in total. The lowest BCUT2D eigenvalue weighted by Crippen LogP contribution is -2.31. The van der Waals surface area contributed by atoms with Crippen molar-refractivity contribution in [3.05, 3.63) is 6.10 Å². The molecular formula is C5H9O2. The average Bonchev–Trinajstić information content (AvgIpc) is 1.23. The summed E-state index contributed by atoms with van der Waals surface area (Å²) in [5, 5.41) is 8.66. The maximum atomic E-state index is 8.66. The summed E-state index contributed by atoms with van der Waals surface area (Å²) >= 11 is 0. The van der Waals surface area contributed by atoms with Crippen molar-refractivity contribution in [2.75, 3.05) is 6.61 Å². The van der Waals surface area contributed by atoms with Gasteiger partial charge in [0.1, 0.15) is 6.10 Å². The summed E-state index contributed by atoms with van der Waals surface area (Å²) in [5.74, 6) is 0. The van der Waals surface area contributed by atoms with Gasteiger partial charge in [0.2, 0.25) is 0 Å². The van der Waals surface area contributed by atoms with E-state index in [0.717, 1.165) is 13.0 Å². The van der Waals surface area contributed by atoms with Gasteiger partial charge in [-0.15, -0.1) is 0 Å². The molecule has 0 amide bonds. The van der Waals surface area contributed by atoms with Crippen LogP contribution in [0.1, 0.15) is 13.3 Å². The van der Waals surface area contributed by atoms with E-state index in [1.807, 2.05) is 0 Å². The highest BCUT2D eigenvalue weighted by Crippen LogP contribution is 2.18. The maximum absolute atomic E-state index is 8.66. The predicted molar refractivity (Wildman–Crippen MR) is 25.2 cm³/mol. The largest absolute Gasteiger partial charge is 0.384 e. The van der Waals surface area contributed by atoms with E-state index >= 15 is 0 Å². The molecule has 1 aliphatic heterocycles. The molecule has 41 valence electrons. The van der Waals surface area contributed by atoms with Crippen molar-refractivity contribution >= 4 is 0 Å². The molecule has 0 aromatic rings. The molecule has 1 heterocycles. The minimum atomic E-state index is 0.0556. The second kappa shape index (κ2) is 1.80. The molecule has 1 unspecified atom stereocenters. The van der Waals surface area contributed by atoms with Gasteiger partial charge >= 0.3 is 0 Å². The number of ether oxygens (including phenoxy) is 1. The fourth-order valence-electron chi connectivity index (χ4n) is 0.565. The van der Waals surface area contributed by atoms with Crippen LogP contribution in [0.4, 0.5) is 0 Å². The first-order valence-electron chi connectivity index (χ1n) is 2.44. The van der Waals surface area contributed by atoms with Gasteiger partial charge in [-0.1, -0.05) is 0 Å². The highest BCUT2D eigenvalue weighted by Gasteiger charge is 2.23. The summed E-state index contributed by atoms with van der Waals surface area (Å²) in [6.45, 7) is 2.48. The molecule has 0 aromatic carbocycles. The van der Waals surface area contributed by atoms with Crippen molar-refractivity contribution in [2.45, 2.75) is 19.4 Å².